The van der Waals surface area contributed by atoms with E-state index in [1.54, 1.807) is 11.8 Å². The van der Waals surface area contributed by atoms with Crippen molar-refractivity contribution in [1.29, 1.82) is 0 Å². The number of amides is 2. The van der Waals surface area contributed by atoms with Crippen molar-refractivity contribution >= 4 is 35.1 Å². The van der Waals surface area contributed by atoms with Crippen molar-refractivity contribution in [2.24, 2.45) is 0 Å². The molecule has 0 aromatic heterocycles. The number of alkyl halides is 3. The van der Waals surface area contributed by atoms with E-state index < -0.39 is 17.8 Å². The molecule has 4 aromatic rings. The number of carbonyl (C=O) groups is 2. The Kier molecular flexibility index (Phi) is 10.1. The molecule has 0 unspecified atom stereocenters. The van der Waals surface area contributed by atoms with Gasteiger partial charge in [-0.05, 0) is 79.1 Å². The first-order valence-corrected chi connectivity index (χ1v) is 13.8. The molecule has 4 rings (SSSR count). The number of esters is 1. The number of hydrogen-bond donors (Lipinski definition) is 1. The lowest BCUT2D eigenvalue weighted by molar-refractivity contribution is -0.142. The molecule has 2 amide bonds. The Morgan fingerprint density at radius 1 is 0.829 bits per heavy atom. The molecule has 0 aliphatic heterocycles. The van der Waals surface area contributed by atoms with E-state index in [0.29, 0.717) is 25.3 Å². The van der Waals surface area contributed by atoms with E-state index in [1.165, 1.54) is 23.9 Å². The minimum absolute atomic E-state index is 0.207. The average molecular weight is 579 g/mol. The van der Waals surface area contributed by atoms with Gasteiger partial charge in [-0.15, -0.1) is 0 Å². The summed E-state index contributed by atoms with van der Waals surface area (Å²) >= 11 is 1.51. The van der Waals surface area contributed by atoms with E-state index in [9.17, 15) is 22.8 Å². The largest absolute Gasteiger partial charge is 0.466 e. The van der Waals surface area contributed by atoms with Crippen molar-refractivity contribution in [2.75, 3.05) is 23.4 Å². The van der Waals surface area contributed by atoms with Crippen LogP contribution in [0.5, 0.6) is 0 Å². The van der Waals surface area contributed by atoms with Gasteiger partial charge in [0.1, 0.15) is 0 Å². The number of hydrogen-bond acceptors (Lipinski definition) is 4. The minimum atomic E-state index is -4.45. The van der Waals surface area contributed by atoms with Crippen molar-refractivity contribution in [2.45, 2.75) is 35.7 Å². The van der Waals surface area contributed by atoms with Crippen LogP contribution in [0.1, 0.15) is 23.6 Å². The fourth-order valence-corrected chi connectivity index (χ4v) is 4.94. The Morgan fingerprint density at radius 2 is 1.54 bits per heavy atom. The van der Waals surface area contributed by atoms with E-state index in [2.05, 4.69) is 5.32 Å². The van der Waals surface area contributed by atoms with E-state index in [1.807, 2.05) is 78.9 Å². The molecule has 0 aliphatic carbocycles. The number of anilines is 2. The van der Waals surface area contributed by atoms with Crippen LogP contribution < -0.4 is 10.2 Å². The maximum Gasteiger partial charge on any atom is 0.416 e. The normalized spacial score (nSPS) is 11.1. The molecule has 9 heteroatoms. The summed E-state index contributed by atoms with van der Waals surface area (Å²) in [6.45, 7) is 2.47. The summed E-state index contributed by atoms with van der Waals surface area (Å²) in [7, 11) is 0. The maximum atomic E-state index is 13.4. The Labute approximate surface area is 241 Å². The van der Waals surface area contributed by atoms with E-state index >= 15 is 0 Å². The van der Waals surface area contributed by atoms with Crippen LogP contribution in [-0.2, 0) is 28.5 Å². The predicted molar refractivity (Wildman–Crippen MR) is 155 cm³/mol. The van der Waals surface area contributed by atoms with Gasteiger partial charge >= 0.3 is 18.2 Å². The molecule has 0 fully saturated rings. The SMILES string of the molecule is CCOC(=O)Cc1ccc(Sc2cccc(N(CCc3ccccc3)C(=O)Nc3ccc(C(F)(F)F)cc3)c2)cc1. The second-order valence-electron chi connectivity index (χ2n) is 9.12. The highest BCUT2D eigenvalue weighted by Crippen LogP contribution is 2.32. The topological polar surface area (TPSA) is 58.6 Å². The second kappa shape index (κ2) is 13.9. The van der Waals surface area contributed by atoms with Crippen LogP contribution in [-0.4, -0.2) is 25.2 Å². The Hall–Kier alpha value is -4.24. The van der Waals surface area contributed by atoms with Crippen molar-refractivity contribution in [1.82, 2.24) is 0 Å². The zero-order valence-electron chi connectivity index (χ0n) is 22.4. The molecule has 1 N–H and O–H groups in total. The maximum absolute atomic E-state index is 13.4. The highest BCUT2D eigenvalue weighted by molar-refractivity contribution is 7.99. The molecule has 0 saturated carbocycles. The zero-order valence-corrected chi connectivity index (χ0v) is 23.2. The molecule has 5 nitrogen and oxygen atoms in total. The Morgan fingerprint density at radius 3 is 2.20 bits per heavy atom. The Bertz CT molecular complexity index is 1440. The minimum Gasteiger partial charge on any atom is -0.466 e. The summed E-state index contributed by atoms with van der Waals surface area (Å²) in [6.07, 6.45) is -3.66. The van der Waals surface area contributed by atoms with Crippen LogP contribution in [0, 0.1) is 0 Å². The molecule has 0 atom stereocenters. The molecule has 41 heavy (non-hydrogen) atoms. The lowest BCUT2D eigenvalue weighted by atomic mass is 10.1. The average Bonchev–Trinajstić information content (AvgIpc) is 2.95. The van der Waals surface area contributed by atoms with Crippen LogP contribution in [0.3, 0.4) is 0 Å². The second-order valence-corrected chi connectivity index (χ2v) is 10.3. The summed E-state index contributed by atoms with van der Waals surface area (Å²) < 4.78 is 43.9. The molecule has 0 heterocycles. The third kappa shape index (κ3) is 8.88. The van der Waals surface area contributed by atoms with Crippen molar-refractivity contribution < 1.29 is 27.5 Å². The highest BCUT2D eigenvalue weighted by atomic mass is 32.2. The van der Waals surface area contributed by atoms with E-state index in [0.717, 1.165) is 33.1 Å². The van der Waals surface area contributed by atoms with Gasteiger partial charge in [-0.3, -0.25) is 9.69 Å². The third-order valence-electron chi connectivity index (χ3n) is 6.12. The molecule has 0 bridgehead atoms. The summed E-state index contributed by atoms with van der Waals surface area (Å²) in [5.74, 6) is -0.272. The first-order chi connectivity index (χ1) is 19.7. The lowest BCUT2D eigenvalue weighted by Crippen LogP contribution is -2.36. The first kappa shape index (κ1) is 29.7. The number of urea groups is 1. The monoisotopic (exact) mass is 578 g/mol. The lowest BCUT2D eigenvalue weighted by Gasteiger charge is -2.24. The Balaban J connectivity index is 1.51. The number of halogens is 3. The van der Waals surface area contributed by atoms with Gasteiger partial charge in [0, 0.05) is 27.7 Å². The van der Waals surface area contributed by atoms with Crippen LogP contribution in [0.25, 0.3) is 0 Å². The molecular formula is C32H29F3N2O3S. The summed E-state index contributed by atoms with van der Waals surface area (Å²) in [5, 5.41) is 2.73. The van der Waals surface area contributed by atoms with Crippen molar-refractivity contribution in [3.8, 4) is 0 Å². The molecule has 0 aliphatic rings. The quantitative estimate of drug-likeness (QED) is 0.193. The van der Waals surface area contributed by atoms with Gasteiger partial charge in [0.15, 0.2) is 0 Å². The first-order valence-electron chi connectivity index (χ1n) is 13.0. The standard InChI is InChI=1S/C32H29F3N2O3S/c1-2-40-30(38)21-24-11-17-28(18-12-24)41-29-10-6-9-27(22-29)37(20-19-23-7-4-3-5-8-23)31(39)36-26-15-13-25(14-16-26)32(33,34)35/h3-18,22H,2,19-21H2,1H3,(H,36,39). The number of rotatable bonds is 10. The van der Waals surface area contributed by atoms with E-state index in [-0.39, 0.29) is 18.1 Å². The van der Waals surface area contributed by atoms with Gasteiger partial charge in [0.05, 0.1) is 18.6 Å². The summed E-state index contributed by atoms with van der Waals surface area (Å²) in [5.41, 5.74) is 2.03. The number of nitrogens with one attached hydrogen (secondary N) is 1. The van der Waals surface area contributed by atoms with Gasteiger partial charge in [-0.25, -0.2) is 4.79 Å². The van der Waals surface area contributed by atoms with Crippen LogP contribution >= 0.6 is 11.8 Å². The summed E-state index contributed by atoms with van der Waals surface area (Å²) in [4.78, 5) is 28.6. The predicted octanol–water partition coefficient (Wildman–Crippen LogP) is 8.24. The van der Waals surface area contributed by atoms with Crippen LogP contribution in [0.4, 0.5) is 29.3 Å². The molecule has 4 aromatic carbocycles. The molecule has 0 saturated heterocycles. The van der Waals surface area contributed by atoms with Gasteiger partial charge < -0.3 is 10.1 Å². The molecule has 212 valence electrons. The number of carbonyl (C=O) groups excluding carboxylic acids is 2. The fraction of sp³-hybridized carbons (Fsp3) is 0.188. The zero-order chi connectivity index (χ0) is 29.2. The van der Waals surface area contributed by atoms with Gasteiger partial charge in [0.2, 0.25) is 0 Å². The molecule has 0 radical (unpaired) electrons. The van der Waals surface area contributed by atoms with Crippen LogP contribution in [0.2, 0.25) is 0 Å². The van der Waals surface area contributed by atoms with Crippen LogP contribution in [0.15, 0.2) is 113 Å². The molecular weight excluding hydrogens is 549 g/mol. The van der Waals surface area contributed by atoms with Gasteiger partial charge in [0.25, 0.3) is 0 Å². The van der Waals surface area contributed by atoms with Gasteiger partial charge in [-0.2, -0.15) is 13.2 Å². The third-order valence-corrected chi connectivity index (χ3v) is 7.12. The number of ether oxygens (including phenoxy) is 1. The summed E-state index contributed by atoms with van der Waals surface area (Å²) in [6, 6.07) is 28.8. The fourth-order valence-electron chi connectivity index (χ4n) is 4.07. The molecule has 0 spiro atoms. The van der Waals surface area contributed by atoms with E-state index in [4.69, 9.17) is 4.74 Å². The van der Waals surface area contributed by atoms with Crippen molar-refractivity contribution in [3.63, 3.8) is 0 Å². The highest BCUT2D eigenvalue weighted by Gasteiger charge is 2.30. The number of benzene rings is 4. The number of nitrogens with zero attached hydrogens (tertiary/aromatic N) is 1. The van der Waals surface area contributed by atoms with Crippen molar-refractivity contribution in [3.05, 3.63) is 120 Å². The smallest absolute Gasteiger partial charge is 0.416 e. The van der Waals surface area contributed by atoms with Gasteiger partial charge in [-0.1, -0.05) is 60.3 Å².